The molecule has 1 aromatic rings. The maximum atomic E-state index is 10.7. The van der Waals surface area contributed by atoms with Crippen molar-refractivity contribution in [2.24, 2.45) is 0 Å². The molecule has 0 saturated carbocycles. The zero-order valence-electron chi connectivity index (χ0n) is 8.14. The molecule has 0 bridgehead atoms. The molecule has 6 nitrogen and oxygen atoms in total. The van der Waals surface area contributed by atoms with Crippen molar-refractivity contribution in [3.63, 3.8) is 0 Å². The Balaban J connectivity index is 2.15. The van der Waals surface area contributed by atoms with Crippen molar-refractivity contribution in [3.8, 4) is 0 Å². The van der Waals surface area contributed by atoms with Crippen molar-refractivity contribution in [1.82, 2.24) is 10.3 Å². The van der Waals surface area contributed by atoms with Crippen LogP contribution in [0.3, 0.4) is 0 Å². The lowest BCUT2D eigenvalue weighted by molar-refractivity contribution is -0.384. The lowest BCUT2D eigenvalue weighted by Gasteiger charge is -2.11. The Labute approximate surface area is 86.9 Å². The van der Waals surface area contributed by atoms with Crippen molar-refractivity contribution >= 4 is 11.5 Å². The van der Waals surface area contributed by atoms with E-state index in [1.807, 2.05) is 0 Å². The smallest absolute Gasteiger partial charge is 0.311 e. The van der Waals surface area contributed by atoms with Gasteiger partial charge in [0.15, 0.2) is 0 Å². The molecule has 2 heterocycles. The molecule has 0 spiro atoms. The van der Waals surface area contributed by atoms with Gasteiger partial charge in [-0.15, -0.1) is 0 Å². The van der Waals surface area contributed by atoms with Crippen LogP contribution in [0.15, 0.2) is 18.3 Å². The van der Waals surface area contributed by atoms with E-state index in [0.29, 0.717) is 5.82 Å². The zero-order chi connectivity index (χ0) is 10.7. The summed E-state index contributed by atoms with van der Waals surface area (Å²) < 4.78 is 0. The molecule has 1 fully saturated rings. The van der Waals surface area contributed by atoms with Gasteiger partial charge in [-0.3, -0.25) is 10.1 Å². The maximum absolute atomic E-state index is 10.7. The lowest BCUT2D eigenvalue weighted by Crippen LogP contribution is -2.23. The summed E-state index contributed by atoms with van der Waals surface area (Å²) in [5.74, 6) is 0.358. The van der Waals surface area contributed by atoms with E-state index >= 15 is 0 Å². The van der Waals surface area contributed by atoms with E-state index in [-0.39, 0.29) is 11.7 Å². The Morgan fingerprint density at radius 3 is 3.20 bits per heavy atom. The van der Waals surface area contributed by atoms with E-state index in [1.54, 1.807) is 12.3 Å². The van der Waals surface area contributed by atoms with E-state index in [0.717, 1.165) is 19.5 Å². The van der Waals surface area contributed by atoms with Gasteiger partial charge in [-0.25, -0.2) is 4.98 Å². The zero-order valence-corrected chi connectivity index (χ0v) is 8.14. The number of rotatable bonds is 3. The summed E-state index contributed by atoms with van der Waals surface area (Å²) in [5, 5.41) is 17.0. The van der Waals surface area contributed by atoms with Crippen LogP contribution >= 0.6 is 0 Å². The van der Waals surface area contributed by atoms with Crippen molar-refractivity contribution in [3.05, 3.63) is 28.4 Å². The third-order valence-electron chi connectivity index (χ3n) is 2.38. The maximum Gasteiger partial charge on any atom is 0.311 e. The van der Waals surface area contributed by atoms with Crippen molar-refractivity contribution in [2.45, 2.75) is 12.5 Å². The van der Waals surface area contributed by atoms with Gasteiger partial charge in [0.05, 0.1) is 4.92 Å². The Bertz CT molecular complexity index is 363. The average Bonchev–Trinajstić information content (AvgIpc) is 2.71. The summed E-state index contributed by atoms with van der Waals surface area (Å²) in [7, 11) is 0. The Morgan fingerprint density at radius 1 is 1.67 bits per heavy atom. The third-order valence-corrected chi connectivity index (χ3v) is 2.38. The molecule has 1 aliphatic rings. The number of nitrogens with zero attached hydrogens (tertiary/aromatic N) is 2. The van der Waals surface area contributed by atoms with Gasteiger partial charge in [-0.1, -0.05) is 0 Å². The van der Waals surface area contributed by atoms with Gasteiger partial charge in [-0.2, -0.15) is 0 Å². The summed E-state index contributed by atoms with van der Waals surface area (Å²) in [6.07, 6.45) is 2.52. The molecule has 2 rings (SSSR count). The van der Waals surface area contributed by atoms with Gasteiger partial charge in [0.25, 0.3) is 0 Å². The molecule has 80 valence electrons. The van der Waals surface area contributed by atoms with Gasteiger partial charge in [-0.05, 0) is 19.0 Å². The fourth-order valence-electron chi connectivity index (χ4n) is 1.63. The average molecular weight is 208 g/mol. The fourth-order valence-corrected chi connectivity index (χ4v) is 1.63. The van der Waals surface area contributed by atoms with E-state index in [2.05, 4.69) is 15.6 Å². The Hall–Kier alpha value is -1.69. The van der Waals surface area contributed by atoms with Crippen LogP contribution in [-0.4, -0.2) is 29.0 Å². The van der Waals surface area contributed by atoms with Gasteiger partial charge in [0, 0.05) is 24.8 Å². The van der Waals surface area contributed by atoms with E-state index < -0.39 is 4.92 Å². The van der Waals surface area contributed by atoms with Crippen LogP contribution in [0, 0.1) is 10.1 Å². The van der Waals surface area contributed by atoms with Crippen LogP contribution in [0.5, 0.6) is 0 Å². The fraction of sp³-hybridized carbons (Fsp3) is 0.444. The summed E-state index contributed by atoms with van der Waals surface area (Å²) in [5.41, 5.74) is 0.0319. The second kappa shape index (κ2) is 4.22. The second-order valence-electron chi connectivity index (χ2n) is 3.46. The quantitative estimate of drug-likeness (QED) is 0.566. The SMILES string of the molecule is O=[N+]([O-])c1cccnc1N[C@@H]1CCNC1. The van der Waals surface area contributed by atoms with Crippen LogP contribution in [-0.2, 0) is 0 Å². The topological polar surface area (TPSA) is 80.1 Å². The molecule has 1 saturated heterocycles. The number of pyridine rings is 1. The van der Waals surface area contributed by atoms with E-state index in [4.69, 9.17) is 0 Å². The monoisotopic (exact) mass is 208 g/mol. The molecule has 0 aromatic carbocycles. The van der Waals surface area contributed by atoms with Crippen LogP contribution in [0.2, 0.25) is 0 Å². The first kappa shape index (κ1) is 9.85. The van der Waals surface area contributed by atoms with Gasteiger partial charge in [0.1, 0.15) is 0 Å². The Morgan fingerprint density at radius 2 is 2.53 bits per heavy atom. The predicted molar refractivity (Wildman–Crippen MR) is 55.8 cm³/mol. The second-order valence-corrected chi connectivity index (χ2v) is 3.46. The summed E-state index contributed by atoms with van der Waals surface area (Å²) in [6.45, 7) is 1.77. The molecule has 0 radical (unpaired) electrons. The van der Waals surface area contributed by atoms with Gasteiger partial charge < -0.3 is 10.6 Å². The number of nitro groups is 1. The first-order valence-corrected chi connectivity index (χ1v) is 4.84. The molecule has 15 heavy (non-hydrogen) atoms. The van der Waals surface area contributed by atoms with Crippen LogP contribution in [0.25, 0.3) is 0 Å². The van der Waals surface area contributed by atoms with Crippen LogP contribution in [0.4, 0.5) is 11.5 Å². The number of anilines is 1. The molecule has 0 amide bonds. The van der Waals surface area contributed by atoms with E-state index in [9.17, 15) is 10.1 Å². The first-order valence-electron chi connectivity index (χ1n) is 4.84. The predicted octanol–water partition coefficient (Wildman–Crippen LogP) is 0.764. The minimum atomic E-state index is -0.419. The normalized spacial score (nSPS) is 20.1. The molecule has 0 unspecified atom stereocenters. The molecule has 1 atom stereocenters. The van der Waals surface area contributed by atoms with Crippen molar-refractivity contribution < 1.29 is 4.92 Å². The standard InChI is InChI=1S/C9H12N4O2/c14-13(15)8-2-1-4-11-9(8)12-7-3-5-10-6-7/h1-2,4,7,10H,3,5-6H2,(H,11,12)/t7-/m1/s1. The number of hydrogen-bond acceptors (Lipinski definition) is 5. The highest BCUT2D eigenvalue weighted by Gasteiger charge is 2.20. The molecule has 1 aromatic heterocycles. The summed E-state index contributed by atoms with van der Waals surface area (Å²) in [6, 6.07) is 3.26. The summed E-state index contributed by atoms with van der Waals surface area (Å²) >= 11 is 0. The first-order chi connectivity index (χ1) is 7.27. The number of nitrogens with one attached hydrogen (secondary N) is 2. The summed E-state index contributed by atoms with van der Waals surface area (Å²) in [4.78, 5) is 14.3. The molecular formula is C9H12N4O2. The molecule has 0 aliphatic carbocycles. The van der Waals surface area contributed by atoms with Crippen LogP contribution < -0.4 is 10.6 Å². The molecular weight excluding hydrogens is 196 g/mol. The highest BCUT2D eigenvalue weighted by atomic mass is 16.6. The lowest BCUT2D eigenvalue weighted by atomic mass is 10.2. The molecule has 2 N–H and O–H groups in total. The van der Waals surface area contributed by atoms with Crippen molar-refractivity contribution in [2.75, 3.05) is 18.4 Å². The third kappa shape index (κ3) is 2.21. The van der Waals surface area contributed by atoms with E-state index in [1.165, 1.54) is 6.07 Å². The number of hydrogen-bond donors (Lipinski definition) is 2. The van der Waals surface area contributed by atoms with Gasteiger partial charge >= 0.3 is 5.69 Å². The molecule has 6 heteroatoms. The van der Waals surface area contributed by atoms with Crippen LogP contribution in [0.1, 0.15) is 6.42 Å². The molecule has 1 aliphatic heterocycles. The minimum Gasteiger partial charge on any atom is -0.360 e. The number of aromatic nitrogens is 1. The van der Waals surface area contributed by atoms with Crippen molar-refractivity contribution in [1.29, 1.82) is 0 Å². The van der Waals surface area contributed by atoms with Gasteiger partial charge in [0.2, 0.25) is 5.82 Å². The minimum absolute atomic E-state index is 0.0319. The largest absolute Gasteiger partial charge is 0.360 e. The Kier molecular flexibility index (Phi) is 2.77. The highest BCUT2D eigenvalue weighted by molar-refractivity contribution is 5.55. The highest BCUT2D eigenvalue weighted by Crippen LogP contribution is 2.21.